The molecule has 0 saturated carbocycles. The Morgan fingerprint density at radius 1 is 1.00 bits per heavy atom. The van der Waals surface area contributed by atoms with E-state index in [1.54, 1.807) is 12.3 Å². The summed E-state index contributed by atoms with van der Waals surface area (Å²) in [5.41, 5.74) is 17.0. The highest BCUT2D eigenvalue weighted by molar-refractivity contribution is 5.90. The van der Waals surface area contributed by atoms with E-state index in [0.29, 0.717) is 17.6 Å². The third kappa shape index (κ3) is 4.43. The summed E-state index contributed by atoms with van der Waals surface area (Å²) in [6, 6.07) is 5.44. The predicted octanol–water partition coefficient (Wildman–Crippen LogP) is -1.78. The van der Waals surface area contributed by atoms with E-state index in [-0.39, 0.29) is 17.8 Å². The lowest BCUT2D eigenvalue weighted by atomic mass is 10.1. The number of carbonyl (C=O) groups excluding carboxylic acids is 1. The lowest BCUT2D eigenvalue weighted by Gasteiger charge is -2.36. The summed E-state index contributed by atoms with van der Waals surface area (Å²) in [6.45, 7) is 2.99. The zero-order valence-corrected chi connectivity index (χ0v) is 14.6. The number of aromatic nitrogens is 4. The topological polar surface area (TPSA) is 177 Å². The Morgan fingerprint density at radius 3 is 2.00 bits per heavy atom. The van der Waals surface area contributed by atoms with Gasteiger partial charge in [-0.25, -0.2) is 19.9 Å². The summed E-state index contributed by atoms with van der Waals surface area (Å²) in [7, 11) is 0. The Morgan fingerprint density at radius 2 is 1.52 bits per heavy atom. The van der Waals surface area contributed by atoms with Gasteiger partial charge in [-0.2, -0.15) is 5.26 Å². The smallest absolute Gasteiger partial charge is 0.267 e. The van der Waals surface area contributed by atoms with Gasteiger partial charge in [0.25, 0.3) is 5.91 Å². The average molecular weight is 368 g/mol. The monoisotopic (exact) mass is 368 g/mol. The van der Waals surface area contributed by atoms with Crippen LogP contribution >= 0.6 is 0 Å². The van der Waals surface area contributed by atoms with Crippen LogP contribution in [-0.4, -0.2) is 64.1 Å². The molecule has 0 bridgehead atoms. The second-order valence-electron chi connectivity index (χ2n) is 6.29. The molecule has 0 radical (unpaired) electrons. The van der Waals surface area contributed by atoms with Crippen molar-refractivity contribution in [1.82, 2.24) is 19.9 Å². The van der Waals surface area contributed by atoms with E-state index in [0.717, 1.165) is 26.2 Å². The van der Waals surface area contributed by atoms with Crippen LogP contribution in [0, 0.1) is 11.3 Å². The molecule has 2 fully saturated rings. The summed E-state index contributed by atoms with van der Waals surface area (Å²) in [5.74, 6) is 0.572. The number of rotatable bonds is 3. The van der Waals surface area contributed by atoms with E-state index in [2.05, 4.69) is 19.9 Å². The van der Waals surface area contributed by atoms with Crippen LogP contribution in [0.2, 0.25) is 0 Å². The van der Waals surface area contributed by atoms with Crippen LogP contribution < -0.4 is 27.0 Å². The van der Waals surface area contributed by atoms with Gasteiger partial charge in [-0.1, -0.05) is 0 Å². The van der Waals surface area contributed by atoms with Gasteiger partial charge in [0.1, 0.15) is 17.5 Å². The molecule has 1 amide bonds. The molecule has 2 aliphatic heterocycles. The van der Waals surface area contributed by atoms with Crippen molar-refractivity contribution in [3.8, 4) is 6.07 Å². The fourth-order valence-corrected chi connectivity index (χ4v) is 2.55. The van der Waals surface area contributed by atoms with Gasteiger partial charge in [0, 0.05) is 50.7 Å². The van der Waals surface area contributed by atoms with Crippen LogP contribution in [0.3, 0.4) is 0 Å². The summed E-state index contributed by atoms with van der Waals surface area (Å²) >= 11 is 0. The second-order valence-corrected chi connectivity index (χ2v) is 6.29. The number of anilines is 2. The van der Waals surface area contributed by atoms with E-state index in [1.165, 1.54) is 12.3 Å². The Hall–Kier alpha value is -3.36. The maximum Gasteiger partial charge on any atom is 0.267 e. The molecule has 2 aliphatic rings. The minimum absolute atomic E-state index is 0.177. The van der Waals surface area contributed by atoms with Crippen molar-refractivity contribution in [2.45, 2.75) is 12.1 Å². The average Bonchev–Trinajstić information content (AvgIpc) is 2.63. The molecule has 140 valence electrons. The summed E-state index contributed by atoms with van der Waals surface area (Å²) < 4.78 is 0. The molecule has 4 rings (SSSR count). The molecule has 2 aromatic rings. The normalized spacial score (nSPS) is 16.5. The van der Waals surface area contributed by atoms with Crippen molar-refractivity contribution in [3.05, 3.63) is 35.9 Å². The maximum absolute atomic E-state index is 10.8. The Bertz CT molecular complexity index is 854. The molecule has 0 aromatic carbocycles. The summed E-state index contributed by atoms with van der Waals surface area (Å²) in [6.07, 6.45) is 3.11. The van der Waals surface area contributed by atoms with Crippen LogP contribution in [0.5, 0.6) is 0 Å². The van der Waals surface area contributed by atoms with Gasteiger partial charge in [-0.15, -0.1) is 0 Å². The van der Waals surface area contributed by atoms with Crippen molar-refractivity contribution in [1.29, 1.82) is 5.26 Å². The zero-order chi connectivity index (χ0) is 19.4. The summed E-state index contributed by atoms with van der Waals surface area (Å²) in [4.78, 5) is 30.8. The zero-order valence-electron chi connectivity index (χ0n) is 14.6. The van der Waals surface area contributed by atoms with Gasteiger partial charge >= 0.3 is 0 Å². The number of nitrogens with two attached hydrogens (primary N) is 3. The first-order chi connectivity index (χ1) is 13.0. The van der Waals surface area contributed by atoms with E-state index < -0.39 is 5.91 Å². The van der Waals surface area contributed by atoms with E-state index in [9.17, 15) is 4.79 Å². The molecule has 27 heavy (non-hydrogen) atoms. The highest BCUT2D eigenvalue weighted by Gasteiger charge is 2.26. The van der Waals surface area contributed by atoms with Crippen LogP contribution in [0.1, 0.15) is 16.2 Å². The van der Waals surface area contributed by atoms with Crippen LogP contribution in [0.4, 0.5) is 11.9 Å². The molecular formula is C16H20N10O. The first kappa shape index (κ1) is 18.4. The first-order valence-electron chi connectivity index (χ1n) is 8.33. The van der Waals surface area contributed by atoms with E-state index in [4.69, 9.17) is 22.5 Å². The third-order valence-electron chi connectivity index (χ3n) is 4.04. The van der Waals surface area contributed by atoms with E-state index in [1.807, 2.05) is 15.9 Å². The first-order valence-corrected chi connectivity index (χ1v) is 8.33. The molecule has 4 heterocycles. The number of carbonyl (C=O) groups is 1. The molecule has 11 nitrogen and oxygen atoms in total. The second kappa shape index (κ2) is 7.90. The molecule has 0 unspecified atom stereocenters. The van der Waals surface area contributed by atoms with Crippen LogP contribution in [0.25, 0.3) is 0 Å². The fraction of sp³-hybridized carbons (Fsp3) is 0.375. The largest absolute Gasteiger partial charge is 0.364 e. The van der Waals surface area contributed by atoms with Crippen LogP contribution in [-0.2, 0) is 0 Å². The number of amides is 1. The lowest BCUT2D eigenvalue weighted by Crippen LogP contribution is -2.56. The number of nitrogens with zero attached hydrogens (tertiary/aromatic N) is 7. The highest BCUT2D eigenvalue weighted by Crippen LogP contribution is 2.15. The molecule has 0 atom stereocenters. The Balaban J connectivity index is 0.000000156. The quantitative estimate of drug-likeness (QED) is 0.561. The molecular weight excluding hydrogens is 348 g/mol. The molecule has 11 heteroatoms. The highest BCUT2D eigenvalue weighted by atomic mass is 16.1. The minimum atomic E-state index is -0.543. The Kier molecular flexibility index (Phi) is 5.39. The van der Waals surface area contributed by atoms with Gasteiger partial charge < -0.3 is 27.0 Å². The predicted molar refractivity (Wildman–Crippen MR) is 97.7 cm³/mol. The van der Waals surface area contributed by atoms with Crippen molar-refractivity contribution in [2.24, 2.45) is 17.2 Å². The van der Waals surface area contributed by atoms with Gasteiger partial charge in [-0.05, 0) is 12.1 Å². The number of primary amides is 1. The van der Waals surface area contributed by atoms with Crippen LogP contribution in [0.15, 0.2) is 24.5 Å². The number of hydrogen-bond donors (Lipinski definition) is 3. The van der Waals surface area contributed by atoms with Gasteiger partial charge in [0.2, 0.25) is 11.9 Å². The van der Waals surface area contributed by atoms with Gasteiger partial charge in [0.15, 0.2) is 0 Å². The maximum atomic E-state index is 10.8. The van der Waals surface area contributed by atoms with Gasteiger partial charge in [0.05, 0.1) is 0 Å². The van der Waals surface area contributed by atoms with E-state index >= 15 is 0 Å². The number of hydrogen-bond acceptors (Lipinski definition) is 10. The summed E-state index contributed by atoms with van der Waals surface area (Å²) in [5, 5.41) is 8.60. The molecule has 0 aliphatic carbocycles. The fourth-order valence-electron chi connectivity index (χ4n) is 2.55. The molecule has 6 N–H and O–H groups in total. The standard InChI is InChI=1S/C8H11N5O.C8H9N5/c9-5-3-13(4-5)8-11-2-1-6(12-8)7(10)14;9-3-7-1-2-11-8(12-7)13-4-6(10)5-13/h1-2,5H,3-4,9H2,(H2,10,14);1-2,6H,4-5,10H2. The third-order valence-corrected chi connectivity index (χ3v) is 4.04. The molecule has 2 aromatic heterocycles. The van der Waals surface area contributed by atoms with Crippen molar-refractivity contribution >= 4 is 17.8 Å². The lowest BCUT2D eigenvalue weighted by molar-refractivity contribution is 0.0995. The Labute approximate surface area is 155 Å². The van der Waals surface area contributed by atoms with Crippen molar-refractivity contribution in [2.75, 3.05) is 36.0 Å². The minimum Gasteiger partial charge on any atom is -0.364 e. The molecule has 0 spiro atoms. The van der Waals surface area contributed by atoms with Gasteiger partial charge in [-0.3, -0.25) is 4.79 Å². The van der Waals surface area contributed by atoms with Crippen molar-refractivity contribution < 1.29 is 4.79 Å². The van der Waals surface area contributed by atoms with Crippen molar-refractivity contribution in [3.63, 3.8) is 0 Å². The number of nitriles is 1. The SMILES string of the molecule is N#Cc1ccnc(N2CC(N)C2)n1.NC(=O)c1ccnc(N2CC(N)C2)n1. The molecule has 2 saturated heterocycles.